The van der Waals surface area contributed by atoms with Crippen LogP contribution in [0.3, 0.4) is 0 Å². The van der Waals surface area contributed by atoms with Crippen LogP contribution < -0.4 is 0 Å². The molecule has 2 aromatic carbocycles. The zero-order valence-electron chi connectivity index (χ0n) is 16.6. The largest absolute Gasteiger partial charge is 0.460 e. The van der Waals surface area contributed by atoms with E-state index >= 15 is 0 Å². The first-order valence-electron chi connectivity index (χ1n) is 9.48. The molecule has 0 saturated carbocycles. The fourth-order valence-electron chi connectivity index (χ4n) is 3.57. The Labute approximate surface area is 168 Å². The van der Waals surface area contributed by atoms with Crippen LogP contribution in [-0.2, 0) is 20.9 Å². The van der Waals surface area contributed by atoms with Gasteiger partial charge in [-0.05, 0) is 56.2 Å². The van der Waals surface area contributed by atoms with Crippen LogP contribution in [0.25, 0.3) is 0 Å². The standard InChI is InChI=1S/C23H23F2NO3/c1-14(2)29-23(28)22-15(3)26(13-16-6-4-8-18(24)10-16)21(27)12-20(22)17-7-5-9-19(25)11-17/h4-11,14,20H,12-13H2,1-3H3/t20-/m0/s1. The van der Waals surface area contributed by atoms with Gasteiger partial charge in [0.2, 0.25) is 5.91 Å². The van der Waals surface area contributed by atoms with Crippen molar-refractivity contribution in [3.05, 3.63) is 82.6 Å². The summed E-state index contributed by atoms with van der Waals surface area (Å²) >= 11 is 0. The number of halogens is 2. The van der Waals surface area contributed by atoms with E-state index in [2.05, 4.69) is 0 Å². The van der Waals surface area contributed by atoms with Gasteiger partial charge in [0.1, 0.15) is 11.6 Å². The van der Waals surface area contributed by atoms with Crippen LogP contribution >= 0.6 is 0 Å². The van der Waals surface area contributed by atoms with Crippen molar-refractivity contribution in [3.8, 4) is 0 Å². The van der Waals surface area contributed by atoms with Crippen molar-refractivity contribution in [2.24, 2.45) is 0 Å². The lowest BCUT2D eigenvalue weighted by Gasteiger charge is -2.34. The molecule has 1 aliphatic rings. The van der Waals surface area contributed by atoms with Gasteiger partial charge in [-0.15, -0.1) is 0 Å². The SMILES string of the molecule is CC1=C(C(=O)OC(C)C)[C@H](c2cccc(F)c2)CC(=O)N1Cc1cccc(F)c1. The number of rotatable bonds is 5. The van der Waals surface area contributed by atoms with Gasteiger partial charge in [-0.2, -0.15) is 0 Å². The molecule has 0 bridgehead atoms. The van der Waals surface area contributed by atoms with Gasteiger partial charge in [0, 0.05) is 18.0 Å². The predicted molar refractivity (Wildman–Crippen MR) is 105 cm³/mol. The molecular formula is C23H23F2NO3. The number of carbonyl (C=O) groups excluding carboxylic acids is 2. The topological polar surface area (TPSA) is 46.6 Å². The lowest BCUT2D eigenvalue weighted by molar-refractivity contribution is -0.143. The van der Waals surface area contributed by atoms with E-state index in [4.69, 9.17) is 4.74 Å². The first-order chi connectivity index (χ1) is 13.8. The van der Waals surface area contributed by atoms with Crippen molar-refractivity contribution in [1.29, 1.82) is 0 Å². The average molecular weight is 399 g/mol. The lowest BCUT2D eigenvalue weighted by Crippen LogP contribution is -2.38. The summed E-state index contributed by atoms with van der Waals surface area (Å²) in [5.41, 5.74) is 1.91. The minimum absolute atomic E-state index is 0.00135. The van der Waals surface area contributed by atoms with Gasteiger partial charge in [0.15, 0.2) is 0 Å². The highest BCUT2D eigenvalue weighted by Gasteiger charge is 2.37. The third-order valence-corrected chi connectivity index (χ3v) is 4.87. The van der Waals surface area contributed by atoms with Gasteiger partial charge in [0.25, 0.3) is 0 Å². The maximum atomic E-state index is 13.8. The van der Waals surface area contributed by atoms with E-state index in [0.29, 0.717) is 22.4 Å². The van der Waals surface area contributed by atoms with Gasteiger partial charge >= 0.3 is 5.97 Å². The Morgan fingerprint density at radius 3 is 2.41 bits per heavy atom. The molecule has 0 fully saturated rings. The van der Waals surface area contributed by atoms with Crippen molar-refractivity contribution >= 4 is 11.9 Å². The molecule has 1 heterocycles. The summed E-state index contributed by atoms with van der Waals surface area (Å²) in [4.78, 5) is 27.2. The van der Waals surface area contributed by atoms with Crippen molar-refractivity contribution in [2.45, 2.75) is 45.8 Å². The molecule has 1 amide bonds. The number of amides is 1. The number of benzene rings is 2. The summed E-state index contributed by atoms with van der Waals surface area (Å²) < 4.78 is 32.8. The van der Waals surface area contributed by atoms with E-state index in [0.717, 1.165) is 0 Å². The summed E-state index contributed by atoms with van der Waals surface area (Å²) in [7, 11) is 0. The number of allylic oxidation sites excluding steroid dienone is 1. The molecule has 1 aliphatic heterocycles. The molecule has 4 nitrogen and oxygen atoms in total. The first kappa shape index (κ1) is 20.7. The highest BCUT2D eigenvalue weighted by molar-refractivity contribution is 5.96. The Morgan fingerprint density at radius 1 is 1.14 bits per heavy atom. The maximum Gasteiger partial charge on any atom is 0.336 e. The molecule has 152 valence electrons. The highest BCUT2D eigenvalue weighted by Crippen LogP contribution is 2.38. The Balaban J connectivity index is 2.04. The molecule has 0 radical (unpaired) electrons. The van der Waals surface area contributed by atoms with Crippen LogP contribution in [0.15, 0.2) is 59.8 Å². The second-order valence-electron chi connectivity index (χ2n) is 7.37. The van der Waals surface area contributed by atoms with E-state index < -0.39 is 23.5 Å². The van der Waals surface area contributed by atoms with Crippen molar-refractivity contribution in [3.63, 3.8) is 0 Å². The van der Waals surface area contributed by atoms with Crippen LogP contribution in [0.1, 0.15) is 44.2 Å². The maximum absolute atomic E-state index is 13.8. The number of carbonyl (C=O) groups is 2. The summed E-state index contributed by atoms with van der Waals surface area (Å²) in [6.45, 7) is 5.28. The number of nitrogens with zero attached hydrogens (tertiary/aromatic N) is 1. The van der Waals surface area contributed by atoms with Crippen LogP contribution in [0, 0.1) is 11.6 Å². The van der Waals surface area contributed by atoms with Gasteiger partial charge in [0.05, 0.1) is 18.2 Å². The second-order valence-corrected chi connectivity index (χ2v) is 7.37. The molecule has 2 aromatic rings. The number of esters is 1. The van der Waals surface area contributed by atoms with E-state index in [1.54, 1.807) is 45.0 Å². The molecule has 29 heavy (non-hydrogen) atoms. The summed E-state index contributed by atoms with van der Waals surface area (Å²) in [5, 5.41) is 0. The average Bonchev–Trinajstić information content (AvgIpc) is 2.64. The fourth-order valence-corrected chi connectivity index (χ4v) is 3.57. The van der Waals surface area contributed by atoms with Gasteiger partial charge < -0.3 is 9.64 Å². The first-order valence-corrected chi connectivity index (χ1v) is 9.48. The Kier molecular flexibility index (Phi) is 6.11. The number of ether oxygens (including phenoxy) is 1. The molecule has 0 unspecified atom stereocenters. The van der Waals surface area contributed by atoms with Crippen LogP contribution in [0.2, 0.25) is 0 Å². The lowest BCUT2D eigenvalue weighted by atomic mass is 9.83. The molecule has 0 saturated heterocycles. The van der Waals surface area contributed by atoms with Crippen molar-refractivity contribution < 1.29 is 23.1 Å². The molecule has 0 aliphatic carbocycles. The molecule has 3 rings (SSSR count). The summed E-state index contributed by atoms with van der Waals surface area (Å²) in [6.07, 6.45) is -0.344. The quantitative estimate of drug-likeness (QED) is 0.685. The zero-order valence-corrected chi connectivity index (χ0v) is 16.6. The van der Waals surface area contributed by atoms with Crippen LogP contribution in [0.4, 0.5) is 8.78 Å². The molecule has 0 N–H and O–H groups in total. The Bertz CT molecular complexity index is 968. The molecule has 6 heteroatoms. The van der Waals surface area contributed by atoms with E-state index in [1.165, 1.54) is 29.2 Å². The van der Waals surface area contributed by atoms with Crippen molar-refractivity contribution in [2.75, 3.05) is 0 Å². The fraction of sp³-hybridized carbons (Fsp3) is 0.304. The van der Waals surface area contributed by atoms with Gasteiger partial charge in [-0.3, -0.25) is 4.79 Å². The van der Waals surface area contributed by atoms with E-state index in [1.807, 2.05) is 0 Å². The van der Waals surface area contributed by atoms with E-state index in [-0.39, 0.29) is 25.0 Å². The Hall–Kier alpha value is -3.02. The van der Waals surface area contributed by atoms with Crippen LogP contribution in [-0.4, -0.2) is 22.9 Å². The predicted octanol–water partition coefficient (Wildman–Crippen LogP) is 4.71. The number of hydrogen-bond donors (Lipinski definition) is 0. The minimum atomic E-state index is -0.604. The van der Waals surface area contributed by atoms with Gasteiger partial charge in [-0.25, -0.2) is 13.6 Å². The molecule has 0 aromatic heterocycles. The minimum Gasteiger partial charge on any atom is -0.460 e. The third kappa shape index (κ3) is 4.70. The van der Waals surface area contributed by atoms with Crippen molar-refractivity contribution in [1.82, 2.24) is 4.90 Å². The summed E-state index contributed by atoms with van der Waals surface area (Å²) in [5.74, 6) is -2.20. The Morgan fingerprint density at radius 2 is 1.79 bits per heavy atom. The highest BCUT2D eigenvalue weighted by atomic mass is 19.1. The normalized spacial score (nSPS) is 17.1. The second kappa shape index (κ2) is 8.55. The molecule has 1 atom stereocenters. The summed E-state index contributed by atoms with van der Waals surface area (Å²) in [6, 6.07) is 11.9. The monoisotopic (exact) mass is 399 g/mol. The molecule has 0 spiro atoms. The smallest absolute Gasteiger partial charge is 0.336 e. The number of hydrogen-bond acceptors (Lipinski definition) is 3. The third-order valence-electron chi connectivity index (χ3n) is 4.87. The van der Waals surface area contributed by atoms with Gasteiger partial charge in [-0.1, -0.05) is 24.3 Å². The zero-order chi connectivity index (χ0) is 21.1. The molecular weight excluding hydrogens is 376 g/mol. The van der Waals surface area contributed by atoms with E-state index in [9.17, 15) is 18.4 Å². The van der Waals surface area contributed by atoms with Crippen LogP contribution in [0.5, 0.6) is 0 Å².